The number of β-amino-alcohol motifs (C(OH)–C–C–N with tert-alkyl or cyclic N) is 1. The molecule has 1 unspecified atom stereocenters. The molecule has 6 saturated heterocycles. The predicted octanol–water partition coefficient (Wildman–Crippen LogP) is 6.96. The average molecular weight is 1140 g/mol. The zero-order chi connectivity index (χ0) is 56.6. The zero-order valence-electron chi connectivity index (χ0n) is 48.3. The number of rotatable bonds is 17. The Balaban J connectivity index is 0.532. The molecular weight excluding hydrogens is 1060 g/mol. The highest BCUT2D eigenvalue weighted by Gasteiger charge is 2.49. The maximum Gasteiger partial charge on any atom is 0.243 e. The van der Waals surface area contributed by atoms with Crippen LogP contribution in [0.4, 0.5) is 17.3 Å². The lowest BCUT2D eigenvalue weighted by Gasteiger charge is -2.55. The third-order valence-corrected chi connectivity index (χ3v) is 20.1. The summed E-state index contributed by atoms with van der Waals surface area (Å²) in [6, 6.07) is 18.8. The van der Waals surface area contributed by atoms with E-state index >= 15 is 0 Å². The Hall–Kier alpha value is -5.74. The van der Waals surface area contributed by atoms with Crippen LogP contribution in [0.5, 0.6) is 5.75 Å². The molecule has 4 atom stereocenters. The van der Waals surface area contributed by atoms with E-state index in [9.17, 15) is 19.8 Å². The maximum atomic E-state index is 14.4. The van der Waals surface area contributed by atoms with Crippen molar-refractivity contribution in [2.45, 2.75) is 133 Å². The molecule has 0 radical (unpaired) electrons. The zero-order valence-corrected chi connectivity index (χ0v) is 49.1. The summed E-state index contributed by atoms with van der Waals surface area (Å²) < 4.78 is 19.1. The predicted molar refractivity (Wildman–Crippen MR) is 317 cm³/mol. The van der Waals surface area contributed by atoms with Crippen molar-refractivity contribution in [1.29, 1.82) is 0 Å². The molecule has 1 aliphatic carbocycles. The number of morpholine rings is 1. The summed E-state index contributed by atoms with van der Waals surface area (Å²) >= 11 is 1.60. The summed E-state index contributed by atoms with van der Waals surface area (Å²) in [4.78, 5) is 47.8. The van der Waals surface area contributed by atoms with Gasteiger partial charge in [0, 0.05) is 96.1 Å². The van der Waals surface area contributed by atoms with Crippen molar-refractivity contribution >= 4 is 40.5 Å². The van der Waals surface area contributed by atoms with Crippen LogP contribution in [0, 0.1) is 24.7 Å². The van der Waals surface area contributed by atoms with Gasteiger partial charge in [-0.3, -0.25) is 14.5 Å². The first-order valence-corrected chi connectivity index (χ1v) is 31.2. The molecule has 1 spiro atoms. The number of hydrogen-bond acceptors (Lipinski definition) is 18. The van der Waals surface area contributed by atoms with Crippen molar-refractivity contribution in [3.05, 3.63) is 83.2 Å². The van der Waals surface area contributed by atoms with Gasteiger partial charge in [-0.2, -0.15) is 0 Å². The van der Waals surface area contributed by atoms with Gasteiger partial charge in [0.05, 0.1) is 58.4 Å². The molecule has 20 heteroatoms. The van der Waals surface area contributed by atoms with E-state index in [1.165, 1.54) is 25.9 Å². The molecule has 5 aromatic rings. The van der Waals surface area contributed by atoms with Gasteiger partial charge < -0.3 is 59.8 Å². The Bertz CT molecular complexity index is 2980. The third-order valence-electron chi connectivity index (χ3n) is 19.1. The smallest absolute Gasteiger partial charge is 0.243 e. The van der Waals surface area contributed by atoms with Gasteiger partial charge in [0.1, 0.15) is 23.3 Å². The molecule has 9 heterocycles. The van der Waals surface area contributed by atoms with Crippen molar-refractivity contribution in [3.63, 3.8) is 0 Å². The van der Waals surface area contributed by atoms with Crippen LogP contribution >= 0.6 is 11.3 Å². The van der Waals surface area contributed by atoms with E-state index < -0.39 is 18.1 Å². The molecule has 82 heavy (non-hydrogen) atoms. The number of amides is 2. The minimum Gasteiger partial charge on any atom is -0.507 e. The van der Waals surface area contributed by atoms with Crippen molar-refractivity contribution in [3.8, 4) is 27.4 Å². The molecule has 7 aliphatic rings. The number of carbonyl (C=O) groups is 2. The van der Waals surface area contributed by atoms with E-state index in [0.717, 1.165) is 137 Å². The summed E-state index contributed by atoms with van der Waals surface area (Å²) in [7, 11) is 0. The molecule has 5 N–H and O–H groups in total. The number of aliphatic hydroxyl groups excluding tert-OH is 1. The van der Waals surface area contributed by atoms with Crippen LogP contribution in [0.2, 0.25) is 0 Å². The number of aromatic nitrogens is 4. The van der Waals surface area contributed by atoms with Crippen molar-refractivity contribution in [2.24, 2.45) is 17.8 Å². The SMILES string of the molecule is Cc1ncsc1-c1ccc([C@H](C)NC(=O)C2C[C@@H](O)CN2C(=O)[C@@H](c2cc(N3CCC(CN4CCC(OC5CC(N6CCC(CN7CC8(C7)CN(c7cc(-c9ccccc9O)nnc7N)CCO8)CC6)C5)CC4)CC3)no2)C(C)C)cc1. The Morgan fingerprint density at radius 1 is 0.841 bits per heavy atom. The van der Waals surface area contributed by atoms with Crippen LogP contribution in [0.25, 0.3) is 21.7 Å². The first-order chi connectivity index (χ1) is 39.7. The van der Waals surface area contributed by atoms with Crippen LogP contribution in [-0.2, 0) is 19.1 Å². The summed E-state index contributed by atoms with van der Waals surface area (Å²) in [5.74, 6) is 1.89. The minimum atomic E-state index is -0.795. The van der Waals surface area contributed by atoms with E-state index in [1.54, 1.807) is 28.4 Å². The normalized spacial score (nSPS) is 25.1. The lowest BCUT2D eigenvalue weighted by molar-refractivity contribution is -0.153. The second-order valence-corrected chi connectivity index (χ2v) is 26.1. The Kier molecular flexibility index (Phi) is 16.9. The number of piperidine rings is 3. The molecule has 2 aromatic carbocycles. The highest BCUT2D eigenvalue weighted by atomic mass is 32.1. The number of thiazole rings is 1. The monoisotopic (exact) mass is 1140 g/mol. The molecule has 440 valence electrons. The minimum absolute atomic E-state index is 0.0932. The Labute approximate surface area is 486 Å². The molecule has 6 aliphatic heterocycles. The summed E-state index contributed by atoms with van der Waals surface area (Å²) in [5, 5.41) is 37.4. The number of phenols is 1. The van der Waals surface area contributed by atoms with Crippen LogP contribution < -0.4 is 20.9 Å². The van der Waals surface area contributed by atoms with Gasteiger partial charge in [0.2, 0.25) is 11.8 Å². The topological polar surface area (TPSA) is 215 Å². The fraction of sp³-hybridized carbons (Fsp3) is 0.613. The number of aryl methyl sites for hydroxylation is 1. The van der Waals surface area contributed by atoms with Crippen LogP contribution in [0.3, 0.4) is 0 Å². The van der Waals surface area contributed by atoms with Crippen LogP contribution in [-0.4, -0.2) is 190 Å². The number of nitrogens with zero attached hydrogens (tertiary/aromatic N) is 10. The van der Waals surface area contributed by atoms with Gasteiger partial charge in [0.25, 0.3) is 0 Å². The number of benzene rings is 2. The third kappa shape index (κ3) is 12.4. The highest BCUT2D eigenvalue weighted by Crippen LogP contribution is 2.40. The number of hydrogen-bond donors (Lipinski definition) is 4. The lowest BCUT2D eigenvalue weighted by atomic mass is 9.84. The average Bonchev–Trinajstić information content (AvgIpc) is 4.25. The summed E-state index contributed by atoms with van der Waals surface area (Å²) in [5.41, 5.74) is 13.1. The first-order valence-electron chi connectivity index (χ1n) is 30.4. The number of aliphatic hydroxyl groups is 1. The first kappa shape index (κ1) is 56.7. The number of nitrogens with one attached hydrogen (secondary N) is 1. The van der Waals surface area contributed by atoms with Crippen molar-refractivity contribution < 1.29 is 33.8 Å². The quantitative estimate of drug-likeness (QED) is 0.0740. The van der Waals surface area contributed by atoms with Gasteiger partial charge in [-0.05, 0) is 125 Å². The van der Waals surface area contributed by atoms with Gasteiger partial charge in [-0.15, -0.1) is 21.5 Å². The fourth-order valence-electron chi connectivity index (χ4n) is 14.3. The maximum absolute atomic E-state index is 14.4. The van der Waals surface area contributed by atoms with E-state index in [4.69, 9.17) is 19.7 Å². The Morgan fingerprint density at radius 2 is 1.56 bits per heavy atom. The van der Waals surface area contributed by atoms with Crippen molar-refractivity contribution in [2.75, 3.05) is 107 Å². The molecule has 19 nitrogen and oxygen atoms in total. The number of phenolic OH excluding ortho intramolecular Hbond substituents is 1. The lowest BCUT2D eigenvalue weighted by Crippen LogP contribution is -2.70. The number of aromatic hydroxyl groups is 1. The number of ether oxygens (including phenoxy) is 2. The number of anilines is 3. The molecule has 7 fully saturated rings. The molecular formula is C62H84N12O7S. The van der Waals surface area contributed by atoms with Gasteiger partial charge in [-0.1, -0.05) is 55.4 Å². The fourth-order valence-corrected chi connectivity index (χ4v) is 15.1. The summed E-state index contributed by atoms with van der Waals surface area (Å²) in [6.45, 7) is 20.5. The number of nitrogen functional groups attached to an aromatic ring is 1. The Morgan fingerprint density at radius 3 is 2.27 bits per heavy atom. The molecule has 1 saturated carbocycles. The number of nitrogens with two attached hydrogens (primary N) is 1. The largest absolute Gasteiger partial charge is 0.507 e. The van der Waals surface area contributed by atoms with Crippen LogP contribution in [0.1, 0.15) is 108 Å². The standard InChI is InChI=1S/C62H84N12O7S/c1-39(2)57(61(78)74-34-47(75)29-53(74)60(77)65-40(3)44-9-11-45(12-10-44)58-41(4)64-38-82-58)55-31-56(68-81-55)72-23-15-42(16-24-72)32-69-19-17-48(18-20-69)80-49-27-46(28-49)71-21-13-43(14-22-71)33-70-35-62(36-70)37-73(25-26-79-62)52-30-51(66-67-59(52)63)50-7-5-6-8-54(50)76/h5-12,30-31,38-40,42-43,46-49,53,57,75-76H,13-29,32-37H2,1-4H3,(H2,63,67)(H,65,77)/t40-,46?,47+,49?,53?,57+/m0/s1. The van der Waals surface area contributed by atoms with Gasteiger partial charge in [0.15, 0.2) is 17.4 Å². The van der Waals surface area contributed by atoms with E-state index in [2.05, 4.69) is 50.2 Å². The highest BCUT2D eigenvalue weighted by molar-refractivity contribution is 7.13. The van der Waals surface area contributed by atoms with Gasteiger partial charge >= 0.3 is 0 Å². The number of carbonyl (C=O) groups excluding carboxylic acids is 2. The van der Waals surface area contributed by atoms with E-state index in [1.807, 2.05) is 81.7 Å². The second-order valence-electron chi connectivity index (χ2n) is 25.3. The van der Waals surface area contributed by atoms with Gasteiger partial charge in [-0.25, -0.2) is 4.98 Å². The van der Waals surface area contributed by atoms with Crippen molar-refractivity contribution in [1.82, 2.24) is 45.3 Å². The van der Waals surface area contributed by atoms with E-state index in [-0.39, 0.29) is 48.1 Å². The molecule has 12 rings (SSSR count). The number of para-hydroxylation sites is 1. The second kappa shape index (κ2) is 24.5. The number of likely N-dealkylation sites (tertiary alicyclic amines) is 4. The van der Waals surface area contributed by atoms with Crippen LogP contribution in [0.15, 0.2) is 70.7 Å². The molecule has 2 amide bonds. The molecule has 3 aromatic heterocycles. The molecule has 0 bridgehead atoms. The summed E-state index contributed by atoms with van der Waals surface area (Å²) in [6.07, 6.45) is 9.28. The van der Waals surface area contributed by atoms with E-state index in [0.29, 0.717) is 59.5 Å².